The summed E-state index contributed by atoms with van der Waals surface area (Å²) in [5.74, 6) is 0.287. The molecule has 0 saturated heterocycles. The van der Waals surface area contributed by atoms with Gasteiger partial charge in [-0.2, -0.15) is 0 Å². The molecule has 0 fully saturated rings. The number of fused-ring (bicyclic) bond motifs is 1. The number of thioether (sulfide) groups is 1. The molecule has 5 nitrogen and oxygen atoms in total. The first-order chi connectivity index (χ1) is 13.6. The number of anilines is 1. The van der Waals surface area contributed by atoms with Gasteiger partial charge < -0.3 is 9.73 Å². The highest BCUT2D eigenvalue weighted by atomic mass is 35.5. The molecule has 0 spiro atoms. The Labute approximate surface area is 175 Å². The number of aromatic nitrogens is 2. The van der Waals surface area contributed by atoms with E-state index in [2.05, 4.69) is 15.5 Å². The molecule has 0 aliphatic carbocycles. The number of halogens is 2. The van der Waals surface area contributed by atoms with Crippen LogP contribution in [-0.2, 0) is 4.79 Å². The van der Waals surface area contributed by atoms with Crippen molar-refractivity contribution in [2.24, 2.45) is 0 Å². The third-order valence-electron chi connectivity index (χ3n) is 3.96. The standard InChI is InChI=1S/C20H13Cl2N3O2S/c21-13-8-9-17(16(22)10-13)23-18(26)11-28-20-25-24-19(27-20)15-7-3-5-12-4-1-2-6-14(12)15/h1-10H,11H2,(H,23,26). The van der Waals surface area contributed by atoms with Crippen LogP contribution in [0.2, 0.25) is 10.0 Å². The van der Waals surface area contributed by atoms with E-state index < -0.39 is 0 Å². The van der Waals surface area contributed by atoms with Gasteiger partial charge in [0, 0.05) is 10.6 Å². The van der Waals surface area contributed by atoms with Crippen molar-refractivity contribution in [3.05, 3.63) is 70.7 Å². The molecule has 28 heavy (non-hydrogen) atoms. The normalized spacial score (nSPS) is 10.9. The van der Waals surface area contributed by atoms with Gasteiger partial charge in [0.2, 0.25) is 11.8 Å². The van der Waals surface area contributed by atoms with Gasteiger partial charge in [0.15, 0.2) is 0 Å². The summed E-state index contributed by atoms with van der Waals surface area (Å²) in [5.41, 5.74) is 1.36. The maximum atomic E-state index is 12.2. The minimum absolute atomic E-state index is 0.107. The van der Waals surface area contributed by atoms with Gasteiger partial charge in [-0.05, 0) is 35.0 Å². The number of amides is 1. The van der Waals surface area contributed by atoms with E-state index in [4.69, 9.17) is 27.6 Å². The number of nitrogens with one attached hydrogen (secondary N) is 1. The molecule has 0 aliphatic rings. The van der Waals surface area contributed by atoms with Gasteiger partial charge >= 0.3 is 0 Å². The lowest BCUT2D eigenvalue weighted by atomic mass is 10.0. The molecule has 1 N–H and O–H groups in total. The zero-order chi connectivity index (χ0) is 19.5. The van der Waals surface area contributed by atoms with Crippen LogP contribution in [0.5, 0.6) is 0 Å². The molecule has 1 aromatic heterocycles. The van der Waals surface area contributed by atoms with Gasteiger partial charge in [0.25, 0.3) is 5.22 Å². The van der Waals surface area contributed by atoms with E-state index in [-0.39, 0.29) is 11.7 Å². The molecular formula is C20H13Cl2N3O2S. The highest BCUT2D eigenvalue weighted by Crippen LogP contribution is 2.30. The summed E-state index contributed by atoms with van der Waals surface area (Å²) in [6.07, 6.45) is 0. The maximum absolute atomic E-state index is 12.2. The Morgan fingerprint density at radius 1 is 1.04 bits per heavy atom. The van der Waals surface area contributed by atoms with Gasteiger partial charge in [-0.25, -0.2) is 0 Å². The van der Waals surface area contributed by atoms with Crippen molar-refractivity contribution in [2.45, 2.75) is 5.22 Å². The van der Waals surface area contributed by atoms with Crippen LogP contribution in [0, 0.1) is 0 Å². The molecular weight excluding hydrogens is 417 g/mol. The Hall–Kier alpha value is -2.54. The van der Waals surface area contributed by atoms with Crippen molar-refractivity contribution >= 4 is 57.3 Å². The van der Waals surface area contributed by atoms with Crippen molar-refractivity contribution in [1.82, 2.24) is 10.2 Å². The topological polar surface area (TPSA) is 68.0 Å². The Balaban J connectivity index is 1.44. The SMILES string of the molecule is O=C(CSc1nnc(-c2cccc3ccccc23)o1)Nc1ccc(Cl)cc1Cl. The molecule has 1 heterocycles. The molecule has 0 saturated carbocycles. The zero-order valence-corrected chi connectivity index (χ0v) is 16.7. The average molecular weight is 430 g/mol. The number of benzene rings is 3. The highest BCUT2D eigenvalue weighted by molar-refractivity contribution is 7.99. The molecule has 4 aromatic rings. The minimum atomic E-state index is -0.237. The number of hydrogen-bond donors (Lipinski definition) is 1. The third-order valence-corrected chi connectivity index (χ3v) is 5.32. The quantitative estimate of drug-likeness (QED) is 0.398. The average Bonchev–Trinajstić information content (AvgIpc) is 3.17. The molecule has 0 bridgehead atoms. The first-order valence-electron chi connectivity index (χ1n) is 8.29. The number of carbonyl (C=O) groups excluding carboxylic acids is 1. The summed E-state index contributed by atoms with van der Waals surface area (Å²) < 4.78 is 5.74. The van der Waals surface area contributed by atoms with Crippen molar-refractivity contribution in [1.29, 1.82) is 0 Å². The van der Waals surface area contributed by atoms with Crippen LogP contribution in [0.1, 0.15) is 0 Å². The monoisotopic (exact) mass is 429 g/mol. The fourth-order valence-electron chi connectivity index (χ4n) is 2.69. The largest absolute Gasteiger partial charge is 0.411 e. The van der Waals surface area contributed by atoms with Crippen LogP contribution in [0.4, 0.5) is 5.69 Å². The van der Waals surface area contributed by atoms with E-state index >= 15 is 0 Å². The van der Waals surface area contributed by atoms with Crippen molar-refractivity contribution < 1.29 is 9.21 Å². The number of carbonyl (C=O) groups is 1. The lowest BCUT2D eigenvalue weighted by Gasteiger charge is -2.06. The van der Waals surface area contributed by atoms with Crippen LogP contribution >= 0.6 is 35.0 Å². The molecule has 1 amide bonds. The molecule has 140 valence electrons. The van der Waals surface area contributed by atoms with E-state index in [0.29, 0.717) is 26.8 Å². The van der Waals surface area contributed by atoms with Gasteiger partial charge in [-0.1, -0.05) is 71.4 Å². The summed E-state index contributed by atoms with van der Waals surface area (Å²) >= 11 is 13.1. The summed E-state index contributed by atoms with van der Waals surface area (Å²) in [4.78, 5) is 12.2. The van der Waals surface area contributed by atoms with Crippen molar-refractivity contribution in [2.75, 3.05) is 11.1 Å². The molecule has 0 unspecified atom stereocenters. The second-order valence-electron chi connectivity index (χ2n) is 5.86. The summed E-state index contributed by atoms with van der Waals surface area (Å²) in [7, 11) is 0. The van der Waals surface area contributed by atoms with Crippen LogP contribution in [0.3, 0.4) is 0 Å². The first-order valence-corrected chi connectivity index (χ1v) is 10.0. The molecule has 0 radical (unpaired) electrons. The van der Waals surface area contributed by atoms with Gasteiger partial charge in [-0.15, -0.1) is 10.2 Å². The van der Waals surface area contributed by atoms with Crippen LogP contribution in [-0.4, -0.2) is 21.9 Å². The predicted molar refractivity (Wildman–Crippen MR) is 113 cm³/mol. The lowest BCUT2D eigenvalue weighted by molar-refractivity contribution is -0.113. The van der Waals surface area contributed by atoms with E-state index in [1.165, 1.54) is 0 Å². The molecule has 4 rings (SSSR count). The Morgan fingerprint density at radius 2 is 1.86 bits per heavy atom. The Morgan fingerprint density at radius 3 is 2.71 bits per heavy atom. The maximum Gasteiger partial charge on any atom is 0.277 e. The molecule has 0 aliphatic heterocycles. The summed E-state index contributed by atoms with van der Waals surface area (Å²) in [6.45, 7) is 0. The smallest absolute Gasteiger partial charge is 0.277 e. The van der Waals surface area contributed by atoms with E-state index in [9.17, 15) is 4.79 Å². The number of rotatable bonds is 5. The predicted octanol–water partition coefficient (Wildman–Crippen LogP) is 5.93. The number of nitrogens with zero attached hydrogens (tertiary/aromatic N) is 2. The third kappa shape index (κ3) is 4.14. The fraction of sp³-hybridized carbons (Fsp3) is 0.0500. The molecule has 8 heteroatoms. The van der Waals surface area contributed by atoms with E-state index in [1.807, 2.05) is 42.5 Å². The summed E-state index contributed by atoms with van der Waals surface area (Å²) in [5, 5.41) is 14.2. The number of hydrogen-bond acceptors (Lipinski definition) is 5. The van der Waals surface area contributed by atoms with Crippen LogP contribution in [0.25, 0.3) is 22.2 Å². The second-order valence-corrected chi connectivity index (χ2v) is 7.63. The molecule has 3 aromatic carbocycles. The second kappa shape index (κ2) is 8.22. The van der Waals surface area contributed by atoms with Crippen LogP contribution in [0.15, 0.2) is 70.3 Å². The van der Waals surface area contributed by atoms with Gasteiger partial charge in [0.05, 0.1) is 16.5 Å². The molecule has 0 atom stereocenters. The van der Waals surface area contributed by atoms with Crippen LogP contribution < -0.4 is 5.32 Å². The first kappa shape index (κ1) is 18.8. The fourth-order valence-corrected chi connectivity index (χ4v) is 3.71. The highest BCUT2D eigenvalue weighted by Gasteiger charge is 2.14. The minimum Gasteiger partial charge on any atom is -0.411 e. The lowest BCUT2D eigenvalue weighted by Crippen LogP contribution is -2.14. The van der Waals surface area contributed by atoms with Crippen molar-refractivity contribution in [3.8, 4) is 11.5 Å². The Kier molecular flexibility index (Phi) is 5.52. The Bertz CT molecular complexity index is 1160. The van der Waals surface area contributed by atoms with E-state index in [1.54, 1.807) is 18.2 Å². The zero-order valence-electron chi connectivity index (χ0n) is 14.4. The van der Waals surface area contributed by atoms with Crippen molar-refractivity contribution in [3.63, 3.8) is 0 Å². The van der Waals surface area contributed by atoms with Gasteiger partial charge in [0.1, 0.15) is 0 Å². The summed E-state index contributed by atoms with van der Waals surface area (Å²) in [6, 6.07) is 18.7. The van der Waals surface area contributed by atoms with Gasteiger partial charge in [-0.3, -0.25) is 4.79 Å². The van der Waals surface area contributed by atoms with E-state index in [0.717, 1.165) is 28.1 Å².